The molecule has 2 aromatic rings. The Bertz CT molecular complexity index is 1570. The molecule has 11 nitrogen and oxygen atoms in total. The zero-order valence-corrected chi connectivity index (χ0v) is 26.2. The van der Waals surface area contributed by atoms with Gasteiger partial charge in [0.25, 0.3) is 0 Å². The fourth-order valence-electron chi connectivity index (χ4n) is 7.95. The normalized spacial score (nSPS) is 24.9. The van der Waals surface area contributed by atoms with Crippen LogP contribution in [0.5, 0.6) is 28.7 Å². The molecule has 0 aromatic heterocycles. The maximum atomic E-state index is 13.0. The molecule has 1 amide bonds. The van der Waals surface area contributed by atoms with E-state index in [9.17, 15) is 20.0 Å². The lowest BCUT2D eigenvalue weighted by Gasteiger charge is -2.60. The third-order valence-corrected chi connectivity index (χ3v) is 9.76. The van der Waals surface area contributed by atoms with Gasteiger partial charge in [-0.3, -0.25) is 19.4 Å². The maximum Gasteiger partial charge on any atom is 0.308 e. The number of carbonyl (C=O) groups is 2. The standard InChI is InChI=1S/C33H40N4O7/c1-7-8-9-25(39)35-14-24-27-20(31(44-18(4)38)17(3)32-33(27)43-15-42-32)12-22-28-26-19(10-16(2)30(41-6)29(26)40)11-21(36(28)5)23(13-34)37(22)24/h10,21-24,28,40H,7-9,11-12,14-15H2,1-6H3,(H,35,39)/t21-,22?,23-,24-,28-/m0/s1. The van der Waals surface area contributed by atoms with Crippen molar-refractivity contribution < 1.29 is 33.6 Å². The Morgan fingerprint density at radius 1 is 1.16 bits per heavy atom. The van der Waals surface area contributed by atoms with E-state index in [1.54, 1.807) is 7.11 Å². The number of benzene rings is 2. The molecular formula is C33H40N4O7. The van der Waals surface area contributed by atoms with Crippen LogP contribution in [0, 0.1) is 25.2 Å². The number of piperazine rings is 1. The number of ether oxygens (including phenoxy) is 4. The molecule has 1 fully saturated rings. The monoisotopic (exact) mass is 604 g/mol. The van der Waals surface area contributed by atoms with E-state index in [2.05, 4.69) is 27.3 Å². The Balaban J connectivity index is 1.58. The zero-order valence-electron chi connectivity index (χ0n) is 26.2. The molecule has 2 bridgehead atoms. The van der Waals surface area contributed by atoms with Gasteiger partial charge < -0.3 is 29.4 Å². The highest BCUT2D eigenvalue weighted by molar-refractivity contribution is 5.76. The van der Waals surface area contributed by atoms with Gasteiger partial charge in [-0.1, -0.05) is 19.4 Å². The van der Waals surface area contributed by atoms with Gasteiger partial charge in [-0.15, -0.1) is 0 Å². The first-order valence-electron chi connectivity index (χ1n) is 15.3. The molecule has 0 saturated carbocycles. The van der Waals surface area contributed by atoms with E-state index in [4.69, 9.17) is 18.9 Å². The summed E-state index contributed by atoms with van der Waals surface area (Å²) in [4.78, 5) is 29.7. The number of carbonyl (C=O) groups excluding carboxylic acids is 2. The van der Waals surface area contributed by atoms with Crippen LogP contribution >= 0.6 is 0 Å². The summed E-state index contributed by atoms with van der Waals surface area (Å²) in [6.45, 7) is 7.40. The van der Waals surface area contributed by atoms with Gasteiger partial charge in [0.15, 0.2) is 23.0 Å². The summed E-state index contributed by atoms with van der Waals surface area (Å²) < 4.78 is 23.5. The van der Waals surface area contributed by atoms with E-state index >= 15 is 0 Å². The highest BCUT2D eigenvalue weighted by Gasteiger charge is 2.56. The van der Waals surface area contributed by atoms with Crippen LogP contribution in [0.4, 0.5) is 0 Å². The van der Waals surface area contributed by atoms with Gasteiger partial charge in [-0.2, -0.15) is 5.26 Å². The van der Waals surface area contributed by atoms with Crippen LogP contribution in [0.3, 0.4) is 0 Å². The number of nitriles is 1. The fraction of sp³-hybridized carbons (Fsp3) is 0.545. The first-order chi connectivity index (χ1) is 21.1. The van der Waals surface area contributed by atoms with Crippen molar-refractivity contribution >= 4 is 11.9 Å². The van der Waals surface area contributed by atoms with Crippen LogP contribution < -0.4 is 24.3 Å². The number of rotatable bonds is 7. The number of nitrogens with one attached hydrogen (secondary N) is 1. The summed E-state index contributed by atoms with van der Waals surface area (Å²) in [5.74, 6) is 1.48. The number of amides is 1. The largest absolute Gasteiger partial charge is 0.504 e. The van der Waals surface area contributed by atoms with Crippen molar-refractivity contribution in [3.63, 3.8) is 0 Å². The molecule has 0 spiro atoms. The Morgan fingerprint density at radius 2 is 1.91 bits per heavy atom. The average Bonchev–Trinajstić information content (AvgIpc) is 3.47. The fourth-order valence-corrected chi connectivity index (χ4v) is 7.95. The summed E-state index contributed by atoms with van der Waals surface area (Å²) in [6.07, 6.45) is 3.05. The molecule has 44 heavy (non-hydrogen) atoms. The number of nitrogens with zero attached hydrogens (tertiary/aromatic N) is 3. The van der Waals surface area contributed by atoms with Crippen molar-refractivity contribution in [3.05, 3.63) is 39.4 Å². The maximum absolute atomic E-state index is 13.0. The second-order valence-corrected chi connectivity index (χ2v) is 12.3. The molecule has 5 atom stereocenters. The third-order valence-electron chi connectivity index (χ3n) is 9.76. The van der Waals surface area contributed by atoms with Crippen molar-refractivity contribution in [1.29, 1.82) is 5.26 Å². The van der Waals surface area contributed by atoms with Gasteiger partial charge in [0.2, 0.25) is 12.7 Å². The minimum atomic E-state index is -0.541. The number of phenolic OH excluding ortho intramolecular Hbond substituents is 1. The molecule has 1 saturated heterocycles. The minimum absolute atomic E-state index is 0.0151. The molecule has 6 rings (SSSR count). The lowest BCUT2D eigenvalue weighted by atomic mass is 9.71. The highest BCUT2D eigenvalue weighted by atomic mass is 16.7. The molecule has 4 aliphatic heterocycles. The molecule has 0 radical (unpaired) electrons. The molecule has 4 heterocycles. The number of methoxy groups -OCH3 is 1. The first kappa shape index (κ1) is 30.0. The second-order valence-electron chi connectivity index (χ2n) is 12.3. The predicted octanol–water partition coefficient (Wildman–Crippen LogP) is 3.75. The minimum Gasteiger partial charge on any atom is -0.504 e. The van der Waals surface area contributed by atoms with Gasteiger partial charge in [-0.25, -0.2) is 0 Å². The molecule has 11 heteroatoms. The summed E-state index contributed by atoms with van der Waals surface area (Å²) in [6, 6.07) is 2.82. The van der Waals surface area contributed by atoms with Crippen molar-refractivity contribution in [3.8, 4) is 34.8 Å². The second kappa shape index (κ2) is 11.5. The quantitative estimate of drug-likeness (QED) is 0.356. The highest BCUT2D eigenvalue weighted by Crippen LogP contribution is 2.58. The van der Waals surface area contributed by atoms with Crippen molar-refractivity contribution in [2.75, 3.05) is 27.5 Å². The van der Waals surface area contributed by atoms with Gasteiger partial charge >= 0.3 is 5.97 Å². The molecule has 2 aromatic carbocycles. The molecule has 2 N–H and O–H groups in total. The summed E-state index contributed by atoms with van der Waals surface area (Å²) >= 11 is 0. The van der Waals surface area contributed by atoms with Crippen LogP contribution in [-0.2, 0) is 22.4 Å². The van der Waals surface area contributed by atoms with E-state index < -0.39 is 18.1 Å². The SMILES string of the molecule is CCCCC(=O)NC[C@H]1c2c(c(OC(C)=O)c(C)c3c2OCO3)CC2[C@H]3c4c(cc(C)c(OC)c4O)C[C@@H]([C@H](C#N)N21)N3C. The Kier molecular flexibility index (Phi) is 7.84. The van der Waals surface area contributed by atoms with Crippen LogP contribution in [-0.4, -0.2) is 72.4 Å². The summed E-state index contributed by atoms with van der Waals surface area (Å²) in [5, 5.41) is 25.5. The lowest BCUT2D eigenvalue weighted by Crippen LogP contribution is -2.68. The lowest BCUT2D eigenvalue weighted by molar-refractivity contribution is -0.132. The number of aryl methyl sites for hydroxylation is 1. The number of likely N-dealkylation sites (N-methyl/N-ethyl adjacent to an activating group) is 1. The third kappa shape index (κ3) is 4.54. The number of unbranched alkanes of at least 4 members (excludes halogenated alkanes) is 1. The predicted molar refractivity (Wildman–Crippen MR) is 160 cm³/mol. The summed E-state index contributed by atoms with van der Waals surface area (Å²) in [5.41, 5.74) is 4.81. The number of hydrogen-bond donors (Lipinski definition) is 2. The van der Waals surface area contributed by atoms with Crippen molar-refractivity contribution in [1.82, 2.24) is 15.1 Å². The Morgan fingerprint density at radius 3 is 2.59 bits per heavy atom. The molecule has 234 valence electrons. The van der Waals surface area contributed by atoms with Crippen LogP contribution in [0.2, 0.25) is 0 Å². The van der Waals surface area contributed by atoms with E-state index in [0.29, 0.717) is 47.8 Å². The number of hydrogen-bond acceptors (Lipinski definition) is 10. The van der Waals surface area contributed by atoms with Gasteiger partial charge in [0.1, 0.15) is 11.8 Å². The number of fused-ring (bicyclic) bond motifs is 9. The van der Waals surface area contributed by atoms with E-state index in [-0.39, 0.29) is 43.1 Å². The van der Waals surface area contributed by atoms with Gasteiger partial charge in [0, 0.05) is 54.2 Å². The Labute approximate surface area is 257 Å². The number of esters is 1. The topological polar surface area (TPSA) is 134 Å². The van der Waals surface area contributed by atoms with Gasteiger partial charge in [0.05, 0.1) is 25.3 Å². The van der Waals surface area contributed by atoms with Crippen molar-refractivity contribution in [2.45, 2.75) is 90.0 Å². The number of aromatic hydroxyl groups is 1. The average molecular weight is 605 g/mol. The molecular weight excluding hydrogens is 564 g/mol. The zero-order chi connectivity index (χ0) is 31.4. The summed E-state index contributed by atoms with van der Waals surface area (Å²) in [7, 11) is 3.55. The van der Waals surface area contributed by atoms with Crippen LogP contribution in [0.1, 0.15) is 78.6 Å². The van der Waals surface area contributed by atoms with Crippen molar-refractivity contribution in [2.24, 2.45) is 0 Å². The van der Waals surface area contributed by atoms with Gasteiger partial charge in [-0.05, 0) is 51.3 Å². The number of phenols is 1. The van der Waals surface area contributed by atoms with Crippen LogP contribution in [0.15, 0.2) is 6.07 Å². The molecule has 0 aliphatic carbocycles. The van der Waals surface area contributed by atoms with E-state index in [1.165, 1.54) is 6.92 Å². The smallest absolute Gasteiger partial charge is 0.308 e. The molecule has 1 unspecified atom stereocenters. The van der Waals surface area contributed by atoms with E-state index in [0.717, 1.165) is 40.7 Å². The van der Waals surface area contributed by atoms with E-state index in [1.807, 2.05) is 27.8 Å². The molecule has 4 aliphatic rings. The first-order valence-corrected chi connectivity index (χ1v) is 15.3. The Hall–Kier alpha value is -4.01. The van der Waals surface area contributed by atoms with Crippen LogP contribution in [0.25, 0.3) is 0 Å².